The topological polar surface area (TPSA) is 56.1 Å². The lowest BCUT2D eigenvalue weighted by Gasteiger charge is -2.18. The molecule has 3 rings (SSSR count). The molecule has 1 aliphatic heterocycles. The van der Waals surface area contributed by atoms with Gasteiger partial charge in [0.2, 0.25) is 5.91 Å². The highest BCUT2D eigenvalue weighted by molar-refractivity contribution is 6.01. The molecule has 0 saturated carbocycles. The molecular formula is C18H16FN3O. The SMILES string of the molecule is Cc1ccc(N2CCC(Nc3ccc(F)cc3C#N)C2=O)cc1. The third-order valence-corrected chi connectivity index (χ3v) is 3.98. The predicted molar refractivity (Wildman–Crippen MR) is 86.7 cm³/mol. The van der Waals surface area contributed by atoms with E-state index in [4.69, 9.17) is 5.26 Å². The Balaban J connectivity index is 1.77. The van der Waals surface area contributed by atoms with E-state index in [0.717, 1.165) is 11.3 Å². The van der Waals surface area contributed by atoms with Crippen LogP contribution in [0.2, 0.25) is 0 Å². The number of benzene rings is 2. The lowest BCUT2D eigenvalue weighted by Crippen LogP contribution is -2.33. The van der Waals surface area contributed by atoms with Crippen LogP contribution in [0.5, 0.6) is 0 Å². The van der Waals surface area contributed by atoms with Gasteiger partial charge in [0.1, 0.15) is 17.9 Å². The van der Waals surface area contributed by atoms with Crippen LogP contribution in [0.3, 0.4) is 0 Å². The van der Waals surface area contributed by atoms with E-state index >= 15 is 0 Å². The largest absolute Gasteiger partial charge is 0.373 e. The third-order valence-electron chi connectivity index (χ3n) is 3.98. The van der Waals surface area contributed by atoms with Crippen molar-refractivity contribution in [1.29, 1.82) is 5.26 Å². The molecule has 1 unspecified atom stereocenters. The van der Waals surface area contributed by atoms with E-state index in [1.165, 1.54) is 18.2 Å². The molecule has 1 amide bonds. The van der Waals surface area contributed by atoms with E-state index in [2.05, 4.69) is 5.32 Å². The molecule has 0 radical (unpaired) electrons. The Morgan fingerprint density at radius 2 is 2.00 bits per heavy atom. The van der Waals surface area contributed by atoms with E-state index in [9.17, 15) is 9.18 Å². The molecule has 1 fully saturated rings. The van der Waals surface area contributed by atoms with Crippen molar-refractivity contribution >= 4 is 17.3 Å². The number of nitriles is 1. The minimum atomic E-state index is -0.467. The van der Waals surface area contributed by atoms with Gasteiger partial charge in [-0.1, -0.05) is 17.7 Å². The Morgan fingerprint density at radius 3 is 2.70 bits per heavy atom. The van der Waals surface area contributed by atoms with Crippen molar-refractivity contribution in [2.75, 3.05) is 16.8 Å². The molecule has 0 bridgehead atoms. The lowest BCUT2D eigenvalue weighted by atomic mass is 10.1. The van der Waals surface area contributed by atoms with Crippen molar-refractivity contribution in [2.45, 2.75) is 19.4 Å². The van der Waals surface area contributed by atoms with Gasteiger partial charge >= 0.3 is 0 Å². The number of carbonyl (C=O) groups excluding carboxylic acids is 1. The van der Waals surface area contributed by atoms with Crippen molar-refractivity contribution in [1.82, 2.24) is 0 Å². The van der Waals surface area contributed by atoms with Crippen LogP contribution in [0.15, 0.2) is 42.5 Å². The molecule has 23 heavy (non-hydrogen) atoms. The number of halogens is 1. The molecule has 2 aromatic carbocycles. The Labute approximate surface area is 134 Å². The van der Waals surface area contributed by atoms with Gasteiger partial charge in [0.05, 0.1) is 11.3 Å². The monoisotopic (exact) mass is 309 g/mol. The zero-order valence-corrected chi connectivity index (χ0v) is 12.7. The highest BCUT2D eigenvalue weighted by Gasteiger charge is 2.32. The van der Waals surface area contributed by atoms with Gasteiger partial charge < -0.3 is 10.2 Å². The first-order valence-corrected chi connectivity index (χ1v) is 7.43. The summed E-state index contributed by atoms with van der Waals surface area (Å²) in [6.45, 7) is 2.61. The molecule has 1 heterocycles. The maximum absolute atomic E-state index is 13.2. The third kappa shape index (κ3) is 3.02. The summed E-state index contributed by atoms with van der Waals surface area (Å²) in [6.07, 6.45) is 0.634. The van der Waals surface area contributed by atoms with Gasteiger partial charge in [-0.05, 0) is 43.7 Å². The van der Waals surface area contributed by atoms with Crippen molar-refractivity contribution in [2.24, 2.45) is 0 Å². The first kappa shape index (κ1) is 15.0. The molecule has 2 aromatic rings. The fourth-order valence-corrected chi connectivity index (χ4v) is 2.72. The van der Waals surface area contributed by atoms with E-state index in [0.29, 0.717) is 18.7 Å². The molecule has 1 saturated heterocycles. The van der Waals surface area contributed by atoms with Crippen LogP contribution in [-0.4, -0.2) is 18.5 Å². The molecular weight excluding hydrogens is 293 g/mol. The van der Waals surface area contributed by atoms with Crippen LogP contribution < -0.4 is 10.2 Å². The van der Waals surface area contributed by atoms with Crippen LogP contribution in [-0.2, 0) is 4.79 Å². The first-order valence-electron chi connectivity index (χ1n) is 7.43. The summed E-state index contributed by atoms with van der Waals surface area (Å²) >= 11 is 0. The minimum absolute atomic E-state index is 0.0398. The van der Waals surface area contributed by atoms with E-state index in [1.807, 2.05) is 37.3 Å². The summed E-state index contributed by atoms with van der Waals surface area (Å²) in [5.41, 5.74) is 2.69. The minimum Gasteiger partial charge on any atom is -0.373 e. The molecule has 0 aromatic heterocycles. The van der Waals surface area contributed by atoms with E-state index in [1.54, 1.807) is 4.90 Å². The average molecular weight is 309 g/mol. The quantitative estimate of drug-likeness (QED) is 0.947. The van der Waals surface area contributed by atoms with Crippen molar-refractivity contribution in [3.05, 3.63) is 59.4 Å². The maximum Gasteiger partial charge on any atom is 0.249 e. The summed E-state index contributed by atoms with van der Waals surface area (Å²) in [4.78, 5) is 14.3. The van der Waals surface area contributed by atoms with E-state index < -0.39 is 11.9 Å². The van der Waals surface area contributed by atoms with Crippen molar-refractivity contribution in [3.8, 4) is 6.07 Å². The van der Waals surface area contributed by atoms with Gasteiger partial charge in [-0.2, -0.15) is 5.26 Å². The summed E-state index contributed by atoms with van der Waals surface area (Å²) in [7, 11) is 0. The van der Waals surface area contributed by atoms with Crippen LogP contribution in [0.1, 0.15) is 17.5 Å². The molecule has 4 nitrogen and oxygen atoms in total. The average Bonchev–Trinajstić information content (AvgIpc) is 2.91. The number of aryl methyl sites for hydroxylation is 1. The second-order valence-electron chi connectivity index (χ2n) is 5.61. The number of carbonyl (C=O) groups is 1. The van der Waals surface area contributed by atoms with Gasteiger partial charge in [0.25, 0.3) is 0 Å². The second kappa shape index (κ2) is 6.09. The summed E-state index contributed by atoms with van der Waals surface area (Å²) in [5.74, 6) is -0.506. The highest BCUT2D eigenvalue weighted by Crippen LogP contribution is 2.25. The Hall–Kier alpha value is -2.87. The second-order valence-corrected chi connectivity index (χ2v) is 5.61. The number of hydrogen-bond donors (Lipinski definition) is 1. The number of nitrogens with one attached hydrogen (secondary N) is 1. The van der Waals surface area contributed by atoms with Crippen LogP contribution in [0, 0.1) is 24.1 Å². The number of rotatable bonds is 3. The Morgan fingerprint density at radius 1 is 1.26 bits per heavy atom. The molecule has 1 atom stereocenters. The maximum atomic E-state index is 13.2. The van der Waals surface area contributed by atoms with Crippen LogP contribution in [0.25, 0.3) is 0 Å². The van der Waals surface area contributed by atoms with Crippen molar-refractivity contribution in [3.63, 3.8) is 0 Å². The molecule has 1 N–H and O–H groups in total. The van der Waals surface area contributed by atoms with Crippen LogP contribution >= 0.6 is 0 Å². The Kier molecular flexibility index (Phi) is 3.98. The van der Waals surface area contributed by atoms with E-state index in [-0.39, 0.29) is 11.5 Å². The molecule has 116 valence electrons. The zero-order chi connectivity index (χ0) is 16.4. The number of hydrogen-bond acceptors (Lipinski definition) is 3. The predicted octanol–water partition coefficient (Wildman–Crippen LogP) is 3.22. The van der Waals surface area contributed by atoms with Gasteiger partial charge in [-0.25, -0.2) is 4.39 Å². The number of nitrogens with zero attached hydrogens (tertiary/aromatic N) is 2. The molecule has 1 aliphatic rings. The lowest BCUT2D eigenvalue weighted by molar-refractivity contribution is -0.117. The Bertz CT molecular complexity index is 780. The number of amides is 1. The normalized spacial score (nSPS) is 17.2. The summed E-state index contributed by atoms with van der Waals surface area (Å²) < 4.78 is 13.2. The summed E-state index contributed by atoms with van der Waals surface area (Å²) in [6, 6.07) is 13.3. The van der Waals surface area contributed by atoms with Gasteiger partial charge in [0.15, 0.2) is 0 Å². The van der Waals surface area contributed by atoms with Gasteiger partial charge in [-0.3, -0.25) is 4.79 Å². The summed E-state index contributed by atoms with van der Waals surface area (Å²) in [5, 5.41) is 12.2. The highest BCUT2D eigenvalue weighted by atomic mass is 19.1. The fourth-order valence-electron chi connectivity index (χ4n) is 2.72. The number of anilines is 2. The fraction of sp³-hybridized carbons (Fsp3) is 0.222. The van der Waals surface area contributed by atoms with Gasteiger partial charge in [-0.15, -0.1) is 0 Å². The standard InChI is InChI=1S/C18H16FN3O/c1-12-2-5-15(6-3-12)22-9-8-17(18(22)23)21-16-7-4-14(19)10-13(16)11-20/h2-7,10,17,21H,8-9H2,1H3. The zero-order valence-electron chi connectivity index (χ0n) is 12.7. The first-order chi connectivity index (χ1) is 11.1. The van der Waals surface area contributed by atoms with Gasteiger partial charge in [0, 0.05) is 12.2 Å². The van der Waals surface area contributed by atoms with Crippen LogP contribution in [0.4, 0.5) is 15.8 Å². The van der Waals surface area contributed by atoms with Crippen molar-refractivity contribution < 1.29 is 9.18 Å². The molecule has 0 aliphatic carbocycles. The molecule has 5 heteroatoms. The smallest absolute Gasteiger partial charge is 0.249 e. The molecule has 0 spiro atoms.